The molecule has 0 bridgehead atoms. The highest BCUT2D eigenvalue weighted by atomic mass is 15.1. The van der Waals surface area contributed by atoms with Crippen LogP contribution in [0.4, 0.5) is 0 Å². The summed E-state index contributed by atoms with van der Waals surface area (Å²) in [6, 6.07) is 68.0. The van der Waals surface area contributed by atoms with Gasteiger partial charge in [-0.1, -0.05) is 207 Å². The summed E-state index contributed by atoms with van der Waals surface area (Å²) in [5.74, 6) is 1.28. The fraction of sp³-hybridized carbons (Fsp3) is 0.0862. The fourth-order valence-corrected chi connectivity index (χ4v) is 10.3. The Labute approximate surface area is 352 Å². The summed E-state index contributed by atoms with van der Waals surface area (Å²) in [5, 5.41) is 0. The first kappa shape index (κ1) is 35.8. The van der Waals surface area contributed by atoms with E-state index in [0.29, 0.717) is 0 Å². The lowest BCUT2D eigenvalue weighted by molar-refractivity contribution is 0.274. The Hall–Kier alpha value is -7.29. The monoisotopic (exact) mass is 768 g/mol. The lowest BCUT2D eigenvalue weighted by Crippen LogP contribution is -2.45. The van der Waals surface area contributed by atoms with Crippen molar-refractivity contribution in [2.24, 2.45) is 11.8 Å². The lowest BCUT2D eigenvalue weighted by atomic mass is 9.51. The number of allylic oxidation sites excluding steroid dienone is 10. The minimum absolute atomic E-state index is 0.0943. The topological polar surface area (TPSA) is 17.8 Å². The van der Waals surface area contributed by atoms with E-state index < -0.39 is 0 Å². The molecule has 1 aromatic heterocycles. The first-order valence-corrected chi connectivity index (χ1v) is 21.1. The van der Waals surface area contributed by atoms with Crippen LogP contribution in [-0.2, 0) is 5.41 Å². The van der Waals surface area contributed by atoms with Gasteiger partial charge in [0.1, 0.15) is 5.82 Å². The van der Waals surface area contributed by atoms with Crippen LogP contribution in [0.2, 0.25) is 0 Å². The molecule has 1 heterocycles. The van der Waals surface area contributed by atoms with Gasteiger partial charge in [-0.3, -0.25) is 4.57 Å². The minimum atomic E-state index is -0.264. The predicted octanol–water partition coefficient (Wildman–Crippen LogP) is 14.5. The molecule has 60 heavy (non-hydrogen) atoms. The summed E-state index contributed by atoms with van der Waals surface area (Å²) < 4.78 is 2.28. The third-order valence-corrected chi connectivity index (χ3v) is 13.2. The van der Waals surface area contributed by atoms with Crippen LogP contribution in [0, 0.1) is 11.8 Å². The van der Waals surface area contributed by atoms with E-state index in [1.807, 2.05) is 0 Å². The van der Waals surface area contributed by atoms with Gasteiger partial charge in [-0.25, -0.2) is 4.98 Å². The van der Waals surface area contributed by atoms with Crippen LogP contribution >= 0.6 is 0 Å². The molecule has 2 nitrogen and oxygen atoms in total. The number of nitrogens with zero attached hydrogens (tertiary/aromatic N) is 2. The molecular formula is C58H44N2. The lowest BCUT2D eigenvalue weighted by Gasteiger charge is -2.52. The van der Waals surface area contributed by atoms with E-state index in [4.69, 9.17) is 4.98 Å². The van der Waals surface area contributed by atoms with E-state index in [-0.39, 0.29) is 17.3 Å². The van der Waals surface area contributed by atoms with Gasteiger partial charge in [0.05, 0.1) is 11.0 Å². The van der Waals surface area contributed by atoms with Gasteiger partial charge < -0.3 is 0 Å². The normalized spacial score (nSPS) is 19.4. The molecule has 0 saturated heterocycles. The van der Waals surface area contributed by atoms with Crippen molar-refractivity contribution in [1.82, 2.24) is 9.55 Å². The number of rotatable bonds is 7. The van der Waals surface area contributed by atoms with Gasteiger partial charge in [0.25, 0.3) is 0 Å². The Bertz CT molecular complexity index is 3050. The quantitative estimate of drug-likeness (QED) is 0.158. The van der Waals surface area contributed by atoms with E-state index >= 15 is 0 Å². The van der Waals surface area contributed by atoms with Crippen LogP contribution in [0.25, 0.3) is 61.5 Å². The van der Waals surface area contributed by atoms with E-state index in [1.54, 1.807) is 0 Å². The van der Waals surface area contributed by atoms with Gasteiger partial charge in [0.15, 0.2) is 0 Å². The van der Waals surface area contributed by atoms with Crippen molar-refractivity contribution in [2.45, 2.75) is 18.8 Å². The molecule has 11 rings (SSSR count). The van der Waals surface area contributed by atoms with Crippen LogP contribution in [0.5, 0.6) is 0 Å². The zero-order valence-corrected chi connectivity index (χ0v) is 33.6. The molecule has 3 unspecified atom stereocenters. The van der Waals surface area contributed by atoms with Crippen molar-refractivity contribution < 1.29 is 0 Å². The Morgan fingerprint density at radius 2 is 1.15 bits per heavy atom. The molecule has 0 spiro atoms. The highest BCUT2D eigenvalue weighted by molar-refractivity contribution is 5.95. The molecule has 3 aliphatic carbocycles. The van der Waals surface area contributed by atoms with Crippen molar-refractivity contribution in [3.63, 3.8) is 0 Å². The first-order chi connectivity index (χ1) is 29.7. The summed E-state index contributed by atoms with van der Waals surface area (Å²) in [4.78, 5) is 5.16. The minimum Gasteiger partial charge on any atom is -0.292 e. The zero-order chi connectivity index (χ0) is 40.0. The van der Waals surface area contributed by atoms with Crippen molar-refractivity contribution >= 4 is 22.2 Å². The summed E-state index contributed by atoms with van der Waals surface area (Å²) in [6.07, 6.45) is 15.4. The molecule has 286 valence electrons. The molecule has 0 aliphatic heterocycles. The maximum atomic E-state index is 5.16. The highest BCUT2D eigenvalue weighted by Gasteiger charge is 2.51. The van der Waals surface area contributed by atoms with Gasteiger partial charge in [0.2, 0.25) is 0 Å². The third kappa shape index (κ3) is 5.90. The molecule has 0 fully saturated rings. The zero-order valence-electron chi connectivity index (χ0n) is 33.6. The van der Waals surface area contributed by atoms with Crippen LogP contribution in [0.15, 0.2) is 236 Å². The second-order valence-electron chi connectivity index (χ2n) is 16.4. The van der Waals surface area contributed by atoms with Crippen LogP contribution in [-0.4, -0.2) is 9.55 Å². The second-order valence-corrected chi connectivity index (χ2v) is 16.4. The predicted molar refractivity (Wildman–Crippen MR) is 250 cm³/mol. The number of benzene rings is 7. The first-order valence-electron chi connectivity index (χ1n) is 21.1. The average molecular weight is 769 g/mol. The standard InChI is InChI=1S/C58H44N2/c1-58(51-29-15-13-26-47(51)42-21-7-3-8-22-42)52-30-16-14-28-49(52)56(48-27-12-11-25-46(48)41-19-5-2-6-20-41)50-38-37-44(39-53(50)58)40-33-35-43(36-34-40)57-59-54-31-17-18-32-55(54)60(57)45-23-9-4-10-24-45/h2-29,31-39,52-53H,30H2,1H3. The number of hydrogen-bond donors (Lipinski definition) is 0. The van der Waals surface area contributed by atoms with E-state index in [0.717, 1.165) is 34.5 Å². The number of para-hydroxylation sites is 3. The molecule has 7 aromatic carbocycles. The van der Waals surface area contributed by atoms with Crippen LogP contribution in [0.3, 0.4) is 0 Å². The number of aromatic nitrogens is 2. The fourth-order valence-electron chi connectivity index (χ4n) is 10.3. The van der Waals surface area contributed by atoms with Crippen molar-refractivity contribution in [3.05, 3.63) is 252 Å². The van der Waals surface area contributed by atoms with Gasteiger partial charge in [-0.15, -0.1) is 0 Å². The molecule has 3 atom stereocenters. The van der Waals surface area contributed by atoms with Crippen LogP contribution in [0.1, 0.15) is 30.0 Å². The molecule has 8 aromatic rings. The van der Waals surface area contributed by atoms with Crippen molar-refractivity contribution in [3.8, 4) is 39.3 Å². The molecule has 0 N–H and O–H groups in total. The summed E-state index contributed by atoms with van der Waals surface area (Å²) in [6.45, 7) is 2.54. The van der Waals surface area contributed by atoms with E-state index in [1.165, 1.54) is 61.2 Å². The highest BCUT2D eigenvalue weighted by Crippen LogP contribution is 2.60. The summed E-state index contributed by atoms with van der Waals surface area (Å²) in [7, 11) is 0. The van der Waals surface area contributed by atoms with Gasteiger partial charge in [-0.05, 0) is 97.8 Å². The Balaban J connectivity index is 1.10. The number of hydrogen-bond acceptors (Lipinski definition) is 1. The molecular weight excluding hydrogens is 725 g/mol. The van der Waals surface area contributed by atoms with Gasteiger partial charge >= 0.3 is 0 Å². The van der Waals surface area contributed by atoms with Crippen molar-refractivity contribution in [1.29, 1.82) is 0 Å². The van der Waals surface area contributed by atoms with Crippen LogP contribution < -0.4 is 0 Å². The summed E-state index contributed by atoms with van der Waals surface area (Å²) in [5.41, 5.74) is 18.4. The number of imidazole rings is 1. The van der Waals surface area contributed by atoms with E-state index in [2.05, 4.69) is 236 Å². The average Bonchev–Trinajstić information content (AvgIpc) is 3.72. The Morgan fingerprint density at radius 1 is 0.550 bits per heavy atom. The molecule has 3 aliphatic rings. The largest absolute Gasteiger partial charge is 0.292 e. The molecule has 2 heteroatoms. The van der Waals surface area contributed by atoms with Gasteiger partial charge in [-0.2, -0.15) is 0 Å². The smallest absolute Gasteiger partial charge is 0.145 e. The Morgan fingerprint density at radius 3 is 1.90 bits per heavy atom. The molecule has 0 amide bonds. The Kier molecular flexibility index (Phi) is 8.85. The maximum absolute atomic E-state index is 5.16. The number of fused-ring (bicyclic) bond motifs is 3. The third-order valence-electron chi connectivity index (χ3n) is 13.2. The van der Waals surface area contributed by atoms with E-state index in [9.17, 15) is 0 Å². The van der Waals surface area contributed by atoms with Gasteiger partial charge in [0, 0.05) is 22.6 Å². The molecule has 0 saturated carbocycles. The SMILES string of the molecule is CC1(c2ccccc2-c2ccccc2)C2C=C(c3ccc(-c4nc5ccccc5n4-c4ccccc4)cc3)C=CC2=C(c2ccccc2-c2ccccc2)C2=CC=CCC21. The molecule has 0 radical (unpaired) electrons. The summed E-state index contributed by atoms with van der Waals surface area (Å²) >= 11 is 0. The van der Waals surface area contributed by atoms with Crippen molar-refractivity contribution in [2.75, 3.05) is 0 Å². The second kappa shape index (κ2) is 14.8. The maximum Gasteiger partial charge on any atom is 0.145 e.